The van der Waals surface area contributed by atoms with Crippen LogP contribution in [0.1, 0.15) is 39.8 Å². The highest BCUT2D eigenvalue weighted by atomic mass is 32.1. The molecule has 3 rings (SSSR count). The van der Waals surface area contributed by atoms with E-state index in [1.54, 1.807) is 11.3 Å². The van der Waals surface area contributed by atoms with Crippen LogP contribution in [0.15, 0.2) is 24.3 Å². The first-order valence-electron chi connectivity index (χ1n) is 7.30. The van der Waals surface area contributed by atoms with Gasteiger partial charge in [0.2, 0.25) is 0 Å². The molecule has 3 N–H and O–H groups in total. The minimum atomic E-state index is -0.0807. The van der Waals surface area contributed by atoms with E-state index >= 15 is 0 Å². The van der Waals surface area contributed by atoms with Gasteiger partial charge in [0.1, 0.15) is 0 Å². The van der Waals surface area contributed by atoms with Crippen LogP contribution in [0.5, 0.6) is 0 Å². The maximum atomic E-state index is 12.4. The van der Waals surface area contributed by atoms with E-state index in [1.165, 1.54) is 4.88 Å². The summed E-state index contributed by atoms with van der Waals surface area (Å²) in [6.07, 6.45) is 3.60. The molecule has 1 aliphatic rings. The standard InChI is InChI=1S/C16H19N3OS/c1-2-10-5-3-4-6-12(10)15(20)19-16-18-13-8-7-11(17)9-14(13)21-16/h3-6,11H,2,7-9,17H2,1H3,(H,18,19,20)/t11-/m0/s1. The predicted molar refractivity (Wildman–Crippen MR) is 85.9 cm³/mol. The van der Waals surface area contributed by atoms with Crippen molar-refractivity contribution >= 4 is 22.4 Å². The number of aryl methyl sites for hydroxylation is 2. The van der Waals surface area contributed by atoms with Crippen molar-refractivity contribution in [3.05, 3.63) is 46.0 Å². The Hall–Kier alpha value is -1.72. The Labute approximate surface area is 128 Å². The second-order valence-corrected chi connectivity index (χ2v) is 6.44. The second-order valence-electron chi connectivity index (χ2n) is 5.36. The van der Waals surface area contributed by atoms with Gasteiger partial charge in [-0.2, -0.15) is 0 Å². The number of hydrogen-bond acceptors (Lipinski definition) is 4. The lowest BCUT2D eigenvalue weighted by molar-refractivity contribution is 0.102. The van der Waals surface area contributed by atoms with Crippen LogP contribution < -0.4 is 11.1 Å². The summed E-state index contributed by atoms with van der Waals surface area (Å²) in [6.45, 7) is 2.05. The maximum Gasteiger partial charge on any atom is 0.257 e. The fourth-order valence-electron chi connectivity index (χ4n) is 2.67. The number of amides is 1. The van der Waals surface area contributed by atoms with E-state index in [9.17, 15) is 4.79 Å². The summed E-state index contributed by atoms with van der Waals surface area (Å²) in [6, 6.07) is 7.92. The SMILES string of the molecule is CCc1ccccc1C(=O)Nc1nc2c(s1)C[C@@H](N)CC2. The number of nitrogens with zero attached hydrogens (tertiary/aromatic N) is 1. The van der Waals surface area contributed by atoms with E-state index < -0.39 is 0 Å². The van der Waals surface area contributed by atoms with Gasteiger partial charge in [0.25, 0.3) is 5.91 Å². The van der Waals surface area contributed by atoms with Crippen molar-refractivity contribution in [1.82, 2.24) is 4.98 Å². The molecular weight excluding hydrogens is 282 g/mol. The van der Waals surface area contributed by atoms with E-state index in [0.29, 0.717) is 5.13 Å². The maximum absolute atomic E-state index is 12.4. The van der Waals surface area contributed by atoms with Crippen LogP contribution >= 0.6 is 11.3 Å². The number of rotatable bonds is 3. The molecule has 1 amide bonds. The monoisotopic (exact) mass is 301 g/mol. The minimum Gasteiger partial charge on any atom is -0.327 e. The van der Waals surface area contributed by atoms with Gasteiger partial charge in [-0.25, -0.2) is 4.98 Å². The van der Waals surface area contributed by atoms with E-state index in [-0.39, 0.29) is 11.9 Å². The molecule has 21 heavy (non-hydrogen) atoms. The lowest BCUT2D eigenvalue weighted by atomic mass is 9.99. The Morgan fingerprint density at radius 2 is 2.29 bits per heavy atom. The normalized spacial score (nSPS) is 17.3. The summed E-state index contributed by atoms with van der Waals surface area (Å²) in [7, 11) is 0. The average molecular weight is 301 g/mol. The molecule has 0 saturated heterocycles. The van der Waals surface area contributed by atoms with Gasteiger partial charge in [-0.15, -0.1) is 11.3 Å². The molecular formula is C16H19N3OS. The molecule has 1 heterocycles. The first-order valence-corrected chi connectivity index (χ1v) is 8.12. The van der Waals surface area contributed by atoms with Gasteiger partial charge in [-0.3, -0.25) is 10.1 Å². The van der Waals surface area contributed by atoms with Crippen LogP contribution in [0, 0.1) is 0 Å². The number of carbonyl (C=O) groups is 1. The highest BCUT2D eigenvalue weighted by Crippen LogP contribution is 2.29. The summed E-state index contributed by atoms with van der Waals surface area (Å²) in [5.74, 6) is -0.0807. The van der Waals surface area contributed by atoms with E-state index in [4.69, 9.17) is 5.73 Å². The Bertz CT molecular complexity index is 665. The molecule has 1 aromatic heterocycles. The van der Waals surface area contributed by atoms with Crippen molar-refractivity contribution in [2.24, 2.45) is 5.73 Å². The highest BCUT2D eigenvalue weighted by Gasteiger charge is 2.21. The number of anilines is 1. The fraction of sp³-hybridized carbons (Fsp3) is 0.375. The number of nitrogens with one attached hydrogen (secondary N) is 1. The van der Waals surface area contributed by atoms with Gasteiger partial charge in [0.15, 0.2) is 5.13 Å². The van der Waals surface area contributed by atoms with Gasteiger partial charge in [-0.1, -0.05) is 25.1 Å². The van der Waals surface area contributed by atoms with Gasteiger partial charge >= 0.3 is 0 Å². The average Bonchev–Trinajstić information content (AvgIpc) is 2.88. The number of thiazole rings is 1. The molecule has 5 heteroatoms. The van der Waals surface area contributed by atoms with Gasteiger partial charge in [0.05, 0.1) is 5.69 Å². The van der Waals surface area contributed by atoms with E-state index in [2.05, 4.69) is 17.2 Å². The number of nitrogens with two attached hydrogens (primary N) is 1. The van der Waals surface area contributed by atoms with Crippen LogP contribution in [0.3, 0.4) is 0 Å². The largest absolute Gasteiger partial charge is 0.327 e. The molecule has 1 aromatic carbocycles. The predicted octanol–water partition coefficient (Wildman–Crippen LogP) is 2.77. The van der Waals surface area contributed by atoms with Crippen LogP contribution in [-0.2, 0) is 19.3 Å². The zero-order valence-electron chi connectivity index (χ0n) is 12.1. The van der Waals surface area contributed by atoms with E-state index in [0.717, 1.165) is 42.5 Å². The molecule has 0 fully saturated rings. The molecule has 0 spiro atoms. The van der Waals surface area contributed by atoms with Crippen LogP contribution in [0.2, 0.25) is 0 Å². The number of hydrogen-bond donors (Lipinski definition) is 2. The molecule has 0 aliphatic heterocycles. The number of benzene rings is 1. The second kappa shape index (κ2) is 5.95. The van der Waals surface area contributed by atoms with Crippen LogP contribution in [0.4, 0.5) is 5.13 Å². The molecule has 0 unspecified atom stereocenters. The molecule has 4 nitrogen and oxygen atoms in total. The summed E-state index contributed by atoms with van der Waals surface area (Å²) in [5.41, 5.74) is 8.86. The van der Waals surface area contributed by atoms with Gasteiger partial charge in [-0.05, 0) is 37.3 Å². The molecule has 1 aliphatic carbocycles. The van der Waals surface area contributed by atoms with Crippen LogP contribution in [0.25, 0.3) is 0 Å². The van der Waals surface area contributed by atoms with Gasteiger partial charge < -0.3 is 5.73 Å². The van der Waals surface area contributed by atoms with Crippen LogP contribution in [-0.4, -0.2) is 16.9 Å². The lowest BCUT2D eigenvalue weighted by Gasteiger charge is -2.15. The van der Waals surface area contributed by atoms with Crippen molar-refractivity contribution in [3.63, 3.8) is 0 Å². The summed E-state index contributed by atoms with van der Waals surface area (Å²) < 4.78 is 0. The van der Waals surface area contributed by atoms with Gasteiger partial charge in [0, 0.05) is 16.5 Å². The number of fused-ring (bicyclic) bond motifs is 1. The fourth-order valence-corrected chi connectivity index (χ4v) is 3.76. The summed E-state index contributed by atoms with van der Waals surface area (Å²) in [4.78, 5) is 18.2. The molecule has 0 saturated carbocycles. The smallest absolute Gasteiger partial charge is 0.257 e. The summed E-state index contributed by atoms with van der Waals surface area (Å²) >= 11 is 1.55. The quantitative estimate of drug-likeness (QED) is 0.916. The molecule has 110 valence electrons. The molecule has 0 bridgehead atoms. The Kier molecular flexibility index (Phi) is 4.03. The third-order valence-corrected chi connectivity index (χ3v) is 4.88. The van der Waals surface area contributed by atoms with E-state index in [1.807, 2.05) is 24.3 Å². The lowest BCUT2D eigenvalue weighted by Crippen LogP contribution is -2.27. The van der Waals surface area contributed by atoms with Crippen molar-refractivity contribution in [2.45, 2.75) is 38.6 Å². The third kappa shape index (κ3) is 2.99. The first kappa shape index (κ1) is 14.2. The van der Waals surface area contributed by atoms with Crippen molar-refractivity contribution < 1.29 is 4.79 Å². The molecule has 0 radical (unpaired) electrons. The Morgan fingerprint density at radius 1 is 1.48 bits per heavy atom. The highest BCUT2D eigenvalue weighted by molar-refractivity contribution is 7.15. The minimum absolute atomic E-state index is 0.0807. The van der Waals surface area contributed by atoms with Crippen molar-refractivity contribution in [2.75, 3.05) is 5.32 Å². The zero-order valence-corrected chi connectivity index (χ0v) is 12.9. The van der Waals surface area contributed by atoms with Crippen molar-refractivity contribution in [1.29, 1.82) is 0 Å². The number of carbonyl (C=O) groups excluding carboxylic acids is 1. The molecule has 1 atom stereocenters. The number of aromatic nitrogens is 1. The Balaban J connectivity index is 1.79. The Morgan fingerprint density at radius 3 is 3.10 bits per heavy atom. The summed E-state index contributed by atoms with van der Waals surface area (Å²) in [5, 5.41) is 3.62. The van der Waals surface area contributed by atoms with Crippen molar-refractivity contribution in [3.8, 4) is 0 Å². The zero-order chi connectivity index (χ0) is 14.8. The first-order chi connectivity index (χ1) is 10.2. The molecule has 2 aromatic rings. The third-order valence-electron chi connectivity index (χ3n) is 3.84. The topological polar surface area (TPSA) is 68.0 Å².